The van der Waals surface area contributed by atoms with E-state index >= 15 is 0 Å². The SMILES string of the molecule is CC(C)(C)c1c(C2CCCCC2)cccc1C1CCCCC1.CC(C)(C)c1ccccc1-c1ccccc1.CC(C)(C)c1ccccc1C1CCCCC1.[2H]C([2H])(c1cccc(C([2H])(C)C(C)(C)C(F)(F)F)c1C(C)(C)C)C(C)(C)C(F)(F)F.[2H]C([2H])(c1ccccc1C(C)(C)C)C(C)(C)C(F)(F)F.[2H]c1c([2H])c([2H])c(-c2cccc(-c3c([2H])c([2H])c([2H])c(C)c3[2H])c2C(C)(C)C)c([2H])c1[2H].[2H]c1c([2H])c([2H])c(-c2ccccc2C(C)(C)C)c([2H])c1[2H]. The van der Waals surface area contributed by atoms with E-state index < -0.39 is 87.8 Å². The maximum Gasteiger partial charge on any atom is 0.394 e. The van der Waals surface area contributed by atoms with Gasteiger partial charge in [0.2, 0.25) is 0 Å². The minimum atomic E-state index is -4.91. The van der Waals surface area contributed by atoms with Crippen LogP contribution < -0.4 is 0 Å². The third kappa shape index (κ3) is 31.6. The second-order valence-corrected chi connectivity index (χ2v) is 46.4. The van der Waals surface area contributed by atoms with Gasteiger partial charge in [0.05, 0.1) is 35.4 Å². The Morgan fingerprint density at radius 2 is 0.601 bits per heavy atom. The molecule has 0 spiro atoms. The molecule has 0 bridgehead atoms. The van der Waals surface area contributed by atoms with E-state index in [1.54, 1.807) is 91.9 Å². The summed E-state index contributed by atoms with van der Waals surface area (Å²) in [5.41, 5.74) is 7.21. The van der Waals surface area contributed by atoms with Crippen LogP contribution in [0.15, 0.2) is 267 Å². The van der Waals surface area contributed by atoms with E-state index in [4.69, 9.17) is 26.0 Å². The first kappa shape index (κ1) is 87.8. The first-order chi connectivity index (χ1) is 71.7. The topological polar surface area (TPSA) is 0 Å². The number of halogens is 9. The molecule has 748 valence electrons. The summed E-state index contributed by atoms with van der Waals surface area (Å²) >= 11 is 0. The fourth-order valence-corrected chi connectivity index (χ4v) is 18.8. The van der Waals surface area contributed by atoms with Gasteiger partial charge in [-0.25, -0.2) is 0 Å². The number of hydrogen-bond donors (Lipinski definition) is 0. The first-order valence-corrected chi connectivity index (χ1v) is 49.5. The van der Waals surface area contributed by atoms with Gasteiger partial charge in [0.15, 0.2) is 0 Å². The molecule has 0 aromatic heterocycles. The van der Waals surface area contributed by atoms with Crippen LogP contribution in [0, 0.1) is 23.2 Å². The summed E-state index contributed by atoms with van der Waals surface area (Å²) in [6, 6.07) is 54.3. The van der Waals surface area contributed by atoms with Crippen molar-refractivity contribution in [3.05, 3.63) is 344 Å². The summed E-state index contributed by atoms with van der Waals surface area (Å²) in [5, 5.41) is 0. The molecule has 1 unspecified atom stereocenters. The van der Waals surface area contributed by atoms with E-state index in [9.17, 15) is 39.5 Å². The Hall–Kier alpha value is -9.21. The lowest BCUT2D eigenvalue weighted by Crippen LogP contribution is -2.38. The third-order valence-corrected chi connectivity index (χ3v) is 26.6. The van der Waals surface area contributed by atoms with E-state index in [0.29, 0.717) is 27.8 Å². The van der Waals surface area contributed by atoms with Gasteiger partial charge in [0, 0.05) is 6.85 Å². The van der Waals surface area contributed by atoms with Crippen LogP contribution in [0.5, 0.6) is 0 Å². The summed E-state index contributed by atoms with van der Waals surface area (Å²) in [4.78, 5) is 0. The molecular formula is C129H169F9. The number of benzene rings is 11. The summed E-state index contributed by atoms with van der Waals surface area (Å²) in [7, 11) is 0. The summed E-state index contributed by atoms with van der Waals surface area (Å²) < 4.78 is 277. The Morgan fingerprint density at radius 1 is 0.283 bits per heavy atom. The molecule has 1 atom stereocenters. The lowest BCUT2D eigenvalue weighted by Gasteiger charge is -2.39. The average Bonchev–Trinajstić information content (AvgIpc) is 0.706. The molecule has 3 saturated carbocycles. The average molecular weight is 1910 g/mol. The highest BCUT2D eigenvalue weighted by Gasteiger charge is 2.53. The van der Waals surface area contributed by atoms with Crippen molar-refractivity contribution in [1.82, 2.24) is 0 Å². The Kier molecular flexibility index (Phi) is 30.3. The van der Waals surface area contributed by atoms with Gasteiger partial charge in [0.25, 0.3) is 0 Å². The highest BCUT2D eigenvalue weighted by Crippen LogP contribution is 2.53. The van der Waals surface area contributed by atoms with Gasteiger partial charge in [-0.1, -0.05) is 524 Å². The molecule has 3 fully saturated rings. The standard InChI is InChI=1S/C23H24.C22H34.C21H30F6.C16H24.2C16H18.C15H21F3/c1-17-10-8-13-19(16-17)21-15-9-14-20(22(21)23(2,3)4)18-11-6-5-7-12-18;1-22(2,3)21-19(17-11-6-4-7-12-17)15-10-16-20(21)18-13-8-5-9-14-18;1-13(19(7,8)21(25,26)27)15-11-9-10-14(16(15)17(2,3)4)12-18(5,6)20(22,23)24;3*1-16(2,3)15-12-8-7-11-14(15)13-9-5-4-6-10-13;1-13(2,3)12-9-7-6-8-11(12)10-14(4,5)15(16,17)18/h5-16H,1-4H3;10,15-18H,4-9,11-14H2,1-3H3;9-11,13H,12H2,1-8H3;7-8,11-13H,4-6,9-10H2,1-3H3;2*4-12H,1-3H3;6-9H,10H2,1-5H3/i5D,6D,7D,8D,10D,11D,12D,13D,16D;;12D2,13D;;4D,5D,6D,9D,10D;;10D2. The van der Waals surface area contributed by atoms with E-state index in [0.717, 1.165) is 71.8 Å². The van der Waals surface area contributed by atoms with Crippen molar-refractivity contribution in [3.8, 4) is 44.5 Å². The van der Waals surface area contributed by atoms with Crippen LogP contribution in [0.4, 0.5) is 39.5 Å². The predicted octanol–water partition coefficient (Wildman–Crippen LogP) is 41.0. The van der Waals surface area contributed by atoms with Crippen molar-refractivity contribution in [2.45, 2.75) is 390 Å². The molecule has 0 N–H and O–H groups in total. The highest BCUT2D eigenvalue weighted by molar-refractivity contribution is 5.80. The first-order valence-electron chi connectivity index (χ1n) is 59.0. The van der Waals surface area contributed by atoms with E-state index in [1.807, 2.05) is 86.6 Å². The van der Waals surface area contributed by atoms with Crippen LogP contribution in [0.2, 0.25) is 0 Å². The zero-order chi connectivity index (χ0) is 119. The molecule has 0 nitrogen and oxygen atoms in total. The van der Waals surface area contributed by atoms with Crippen molar-refractivity contribution in [3.63, 3.8) is 0 Å². The van der Waals surface area contributed by atoms with Gasteiger partial charge in [-0.3, -0.25) is 0 Å². The van der Waals surface area contributed by atoms with Crippen molar-refractivity contribution in [1.29, 1.82) is 0 Å². The normalized spacial score (nSPS) is 17.5. The molecule has 14 rings (SSSR count). The molecule has 0 aliphatic heterocycles. The maximum absolute atomic E-state index is 13.8. The molecule has 0 radical (unpaired) electrons. The van der Waals surface area contributed by atoms with Crippen molar-refractivity contribution in [2.75, 3.05) is 0 Å². The molecule has 11 aromatic carbocycles. The monoisotopic (exact) mass is 1910 g/mol. The summed E-state index contributed by atoms with van der Waals surface area (Å²) in [5.74, 6) is 0.185. The molecule has 138 heavy (non-hydrogen) atoms. The Labute approximate surface area is 856 Å². The van der Waals surface area contributed by atoms with Crippen LogP contribution >= 0.6 is 0 Å². The predicted molar refractivity (Wildman–Crippen MR) is 575 cm³/mol. The largest absolute Gasteiger partial charge is 0.394 e. The minimum Gasteiger partial charge on any atom is -0.171 e. The van der Waals surface area contributed by atoms with Crippen LogP contribution in [-0.4, -0.2) is 18.5 Å². The minimum absolute atomic E-state index is 0.0119. The van der Waals surface area contributed by atoms with Gasteiger partial charge in [0.1, 0.15) is 0 Å². The molecule has 11 aromatic rings. The molecule has 0 heterocycles. The summed E-state index contributed by atoms with van der Waals surface area (Å²) in [6.45, 7) is 50.9. The lowest BCUT2D eigenvalue weighted by atomic mass is 9.68. The Bertz CT molecular complexity index is 6450. The highest BCUT2D eigenvalue weighted by atomic mass is 19.4. The molecule has 3 aliphatic rings. The number of alkyl halides is 9. The Balaban J connectivity index is 0.000000225. The smallest absolute Gasteiger partial charge is 0.171 e. The zero-order valence-electron chi connectivity index (χ0n) is 107. The number of hydrogen-bond acceptors (Lipinski definition) is 0. The van der Waals surface area contributed by atoms with Crippen LogP contribution in [0.3, 0.4) is 0 Å². The van der Waals surface area contributed by atoms with Gasteiger partial charge < -0.3 is 0 Å². The van der Waals surface area contributed by atoms with Crippen LogP contribution in [-0.2, 0) is 50.7 Å². The molecule has 3 aliphatic carbocycles. The van der Waals surface area contributed by atoms with Crippen molar-refractivity contribution in [2.24, 2.45) is 16.2 Å². The zero-order valence-corrected chi connectivity index (χ0v) is 88.1. The quantitative estimate of drug-likeness (QED) is 0.101. The van der Waals surface area contributed by atoms with Gasteiger partial charge >= 0.3 is 18.5 Å². The van der Waals surface area contributed by atoms with E-state index in [-0.39, 0.29) is 133 Å². The maximum atomic E-state index is 13.8. The fraction of sp³-hybridized carbons (Fsp3) is 0.488. The second-order valence-electron chi connectivity index (χ2n) is 46.4. The summed E-state index contributed by atoms with van der Waals surface area (Å²) in [6.07, 6.45) is 1.60. The third-order valence-electron chi connectivity index (χ3n) is 26.6. The molecule has 0 saturated heterocycles. The second kappa shape index (κ2) is 47.6. The van der Waals surface area contributed by atoms with Gasteiger partial charge in [-0.2, -0.15) is 39.5 Å². The van der Waals surface area contributed by atoms with Crippen molar-refractivity contribution >= 4 is 0 Å². The van der Waals surface area contributed by atoms with Gasteiger partial charge in [-0.05, 0) is 237 Å². The van der Waals surface area contributed by atoms with E-state index in [1.165, 1.54) is 137 Å². The van der Waals surface area contributed by atoms with E-state index in [2.05, 4.69) is 159 Å². The number of rotatable bonds is 13. The fourth-order valence-electron chi connectivity index (χ4n) is 18.8. The Morgan fingerprint density at radius 3 is 1.01 bits per heavy atom. The van der Waals surface area contributed by atoms with Crippen LogP contribution in [0.25, 0.3) is 44.5 Å². The molecular weight excluding hydrogens is 1720 g/mol. The van der Waals surface area contributed by atoms with Gasteiger partial charge in [-0.15, -0.1) is 0 Å². The van der Waals surface area contributed by atoms with Crippen molar-refractivity contribution < 1.29 is 65.6 Å². The molecule has 9 heteroatoms. The molecule has 0 amide bonds. The lowest BCUT2D eigenvalue weighted by molar-refractivity contribution is -0.218. The van der Waals surface area contributed by atoms with Crippen LogP contribution in [0.1, 0.15) is 418 Å².